The first kappa shape index (κ1) is 37.4. The molecular weight excluding hydrogens is 565 g/mol. The van der Waals surface area contributed by atoms with Crippen LogP contribution in [0.15, 0.2) is 71.8 Å². The summed E-state index contributed by atoms with van der Waals surface area (Å²) < 4.78 is 20.2. The molecule has 0 aliphatic heterocycles. The summed E-state index contributed by atoms with van der Waals surface area (Å²) in [4.78, 5) is 12.1. The molecule has 0 aliphatic carbocycles. The van der Waals surface area contributed by atoms with Crippen molar-refractivity contribution in [1.29, 1.82) is 0 Å². The highest BCUT2D eigenvalue weighted by atomic mass is 28.4. The first-order chi connectivity index (χ1) is 20.2. The molecule has 0 amide bonds. The lowest BCUT2D eigenvalue weighted by Crippen LogP contribution is -2.66. The van der Waals surface area contributed by atoms with E-state index in [9.17, 15) is 4.79 Å². The molecule has 0 radical (unpaired) electrons. The molecule has 0 spiro atoms. The number of benzene rings is 2. The highest BCUT2D eigenvalue weighted by Gasteiger charge is 2.50. The maximum absolute atomic E-state index is 12.1. The van der Waals surface area contributed by atoms with Gasteiger partial charge in [-0.2, -0.15) is 0 Å². The molecule has 6 heteroatoms. The van der Waals surface area contributed by atoms with Gasteiger partial charge in [0.25, 0.3) is 8.32 Å². The quantitative estimate of drug-likeness (QED) is 0.100. The molecule has 0 bridgehead atoms. The average Bonchev–Trinajstić information content (AvgIpc) is 2.96. The van der Waals surface area contributed by atoms with Crippen molar-refractivity contribution in [3.05, 3.63) is 71.8 Å². The Morgan fingerprint density at radius 3 is 1.63 bits per heavy atom. The fraction of sp³-hybridized carbons (Fsp3) is 0.595. The van der Waals surface area contributed by atoms with E-state index < -0.39 is 16.6 Å². The number of methoxy groups -OCH3 is 1. The largest absolute Gasteiger partial charge is 0.412 e. The number of carbonyl (C=O) groups excluding carboxylic acids is 1. The molecule has 43 heavy (non-hydrogen) atoms. The predicted octanol–water partition coefficient (Wildman–Crippen LogP) is 8.70. The smallest absolute Gasteiger partial charge is 0.261 e. The third kappa shape index (κ3) is 8.67. The molecule has 2 aromatic carbocycles. The molecule has 0 unspecified atom stereocenters. The van der Waals surface area contributed by atoms with Gasteiger partial charge in [0.2, 0.25) is 8.32 Å². The van der Waals surface area contributed by atoms with Gasteiger partial charge in [0.1, 0.15) is 6.29 Å². The van der Waals surface area contributed by atoms with Gasteiger partial charge in [-0.15, -0.1) is 0 Å². The first-order valence-corrected chi connectivity index (χ1v) is 20.3. The van der Waals surface area contributed by atoms with E-state index in [1.54, 1.807) is 7.11 Å². The predicted molar refractivity (Wildman–Crippen MR) is 189 cm³/mol. The van der Waals surface area contributed by atoms with Crippen molar-refractivity contribution >= 4 is 33.3 Å². The Morgan fingerprint density at radius 2 is 1.26 bits per heavy atom. The van der Waals surface area contributed by atoms with Gasteiger partial charge >= 0.3 is 0 Å². The monoisotopic (exact) mass is 624 g/mol. The van der Waals surface area contributed by atoms with E-state index in [0.717, 1.165) is 19.1 Å². The topological polar surface area (TPSA) is 44.8 Å². The fourth-order valence-electron chi connectivity index (χ4n) is 7.14. The highest BCUT2D eigenvalue weighted by molar-refractivity contribution is 6.99. The van der Waals surface area contributed by atoms with Crippen LogP contribution in [-0.2, 0) is 18.4 Å². The number of hydrogen-bond acceptors (Lipinski definition) is 4. The lowest BCUT2D eigenvalue weighted by molar-refractivity contribution is -0.113. The maximum atomic E-state index is 12.1. The van der Waals surface area contributed by atoms with E-state index in [2.05, 4.69) is 130 Å². The van der Waals surface area contributed by atoms with E-state index in [4.69, 9.17) is 13.6 Å². The molecule has 0 aromatic heterocycles. The van der Waals surface area contributed by atoms with Gasteiger partial charge < -0.3 is 18.4 Å². The third-order valence-electron chi connectivity index (χ3n) is 9.47. The Hall–Kier alpha value is -1.84. The van der Waals surface area contributed by atoms with Crippen LogP contribution >= 0.6 is 0 Å². The summed E-state index contributed by atoms with van der Waals surface area (Å²) >= 11 is 0. The van der Waals surface area contributed by atoms with Crippen molar-refractivity contribution in [3.8, 4) is 0 Å². The SMILES string of the molecule is COC/C(CO[Si](c1ccccc1)(c1ccccc1)C(C)(C)C)=C(\C)CC[C@H](O[Si](C(C)C)(C(C)C)C(C)C)[C@H](C)C=O. The zero-order valence-electron chi connectivity index (χ0n) is 29.2. The van der Waals surface area contributed by atoms with Gasteiger partial charge in [-0.25, -0.2) is 0 Å². The van der Waals surface area contributed by atoms with Crippen LogP contribution in [-0.4, -0.2) is 49.3 Å². The summed E-state index contributed by atoms with van der Waals surface area (Å²) in [7, 11) is -3.06. The standard InChI is InChI=1S/C37H60O4Si2/c1-28(2)42(29(3)4,30(5)6)41-36(32(8)25-38)24-23-31(7)33(26-39-12)27-40-43(37(9,10)11,34-19-15-13-16-20-34)35-21-17-14-18-22-35/h13-22,25,28-30,32,36H,23-24,26-27H2,1-12H3/b33-31-/t32-,36+/m1/s1. The van der Waals surface area contributed by atoms with Crippen LogP contribution < -0.4 is 10.4 Å². The Kier molecular flexibility index (Phi) is 14.3. The molecule has 2 aromatic rings. The van der Waals surface area contributed by atoms with Crippen LogP contribution in [0.3, 0.4) is 0 Å². The van der Waals surface area contributed by atoms with Gasteiger partial charge in [-0.3, -0.25) is 0 Å². The molecule has 0 saturated carbocycles. The number of ether oxygens (including phenoxy) is 1. The van der Waals surface area contributed by atoms with Crippen molar-refractivity contribution in [1.82, 2.24) is 0 Å². The summed E-state index contributed by atoms with van der Waals surface area (Å²) in [6.45, 7) is 26.0. The Bertz CT molecular complexity index is 1070. The molecular formula is C37H60O4Si2. The van der Waals surface area contributed by atoms with E-state index >= 15 is 0 Å². The number of aldehydes is 1. The van der Waals surface area contributed by atoms with Gasteiger partial charge in [-0.05, 0) is 57.4 Å². The molecule has 0 fully saturated rings. The maximum Gasteiger partial charge on any atom is 0.261 e. The van der Waals surface area contributed by atoms with Gasteiger partial charge in [-0.1, -0.05) is 135 Å². The van der Waals surface area contributed by atoms with Crippen LogP contribution in [0.1, 0.15) is 89.0 Å². The summed E-state index contributed by atoms with van der Waals surface area (Å²) in [5.41, 5.74) is 3.84. The Morgan fingerprint density at radius 1 is 0.791 bits per heavy atom. The molecule has 0 N–H and O–H groups in total. The minimum atomic E-state index is -2.68. The third-order valence-corrected chi connectivity index (χ3v) is 20.6. The second kappa shape index (κ2) is 16.5. The van der Waals surface area contributed by atoms with Crippen molar-refractivity contribution in [2.24, 2.45) is 5.92 Å². The second-order valence-corrected chi connectivity index (χ2v) is 24.0. The molecule has 2 atom stereocenters. The minimum absolute atomic E-state index is 0.0986. The second-order valence-electron chi connectivity index (χ2n) is 14.3. The van der Waals surface area contributed by atoms with Crippen LogP contribution in [0.5, 0.6) is 0 Å². The van der Waals surface area contributed by atoms with Crippen molar-refractivity contribution in [2.45, 2.75) is 117 Å². The molecule has 0 saturated heterocycles. The molecule has 4 nitrogen and oxygen atoms in total. The fourth-order valence-corrected chi connectivity index (χ4v) is 17.4. The first-order valence-electron chi connectivity index (χ1n) is 16.2. The van der Waals surface area contributed by atoms with Crippen LogP contribution in [0.2, 0.25) is 21.7 Å². The Balaban J connectivity index is 2.47. The minimum Gasteiger partial charge on any atom is -0.412 e. The molecule has 0 aliphatic rings. The number of hydrogen-bond donors (Lipinski definition) is 0. The molecule has 240 valence electrons. The van der Waals surface area contributed by atoms with Crippen LogP contribution in [0, 0.1) is 5.92 Å². The van der Waals surface area contributed by atoms with Crippen LogP contribution in [0.4, 0.5) is 0 Å². The summed E-state index contributed by atoms with van der Waals surface area (Å²) in [6, 6.07) is 21.6. The molecule has 2 rings (SSSR count). The summed E-state index contributed by atoms with van der Waals surface area (Å²) in [5.74, 6) is -0.157. The normalized spacial score (nSPS) is 15.1. The van der Waals surface area contributed by atoms with Crippen molar-refractivity contribution < 1.29 is 18.4 Å². The van der Waals surface area contributed by atoms with Crippen molar-refractivity contribution in [3.63, 3.8) is 0 Å². The van der Waals surface area contributed by atoms with Crippen LogP contribution in [0.25, 0.3) is 0 Å². The van der Waals surface area contributed by atoms with E-state index in [-0.39, 0.29) is 17.1 Å². The number of rotatable bonds is 17. The lowest BCUT2D eigenvalue weighted by Gasteiger charge is -2.45. The Labute approximate surface area is 265 Å². The number of allylic oxidation sites excluding steroid dienone is 1. The zero-order valence-corrected chi connectivity index (χ0v) is 31.2. The van der Waals surface area contributed by atoms with E-state index in [0.29, 0.717) is 29.8 Å². The highest BCUT2D eigenvalue weighted by Crippen LogP contribution is 2.44. The van der Waals surface area contributed by atoms with Gasteiger partial charge in [0.05, 0.1) is 19.3 Å². The average molecular weight is 625 g/mol. The van der Waals surface area contributed by atoms with Gasteiger partial charge in [0, 0.05) is 13.0 Å². The number of carbonyl (C=O) groups is 1. The van der Waals surface area contributed by atoms with E-state index in [1.807, 2.05) is 6.92 Å². The lowest BCUT2D eigenvalue weighted by atomic mass is 9.97. The summed E-state index contributed by atoms with van der Waals surface area (Å²) in [6.07, 6.45) is 2.61. The molecule has 0 heterocycles. The van der Waals surface area contributed by atoms with E-state index in [1.165, 1.54) is 21.5 Å². The zero-order chi connectivity index (χ0) is 32.4. The summed E-state index contributed by atoms with van der Waals surface area (Å²) in [5, 5.41) is 2.45. The van der Waals surface area contributed by atoms with Gasteiger partial charge in [0.15, 0.2) is 0 Å². The van der Waals surface area contributed by atoms with Crippen molar-refractivity contribution in [2.75, 3.05) is 20.3 Å².